The second kappa shape index (κ2) is 4.42. The number of hydrogen-bond donors (Lipinski definition) is 0. The van der Waals surface area contributed by atoms with Crippen LogP contribution in [0.3, 0.4) is 0 Å². The van der Waals surface area contributed by atoms with Crippen molar-refractivity contribution in [2.75, 3.05) is 0 Å². The number of aromatic nitrogens is 3. The maximum absolute atomic E-state index is 12.1. The molecular formula is C15H14ClN3O. The zero-order chi connectivity index (χ0) is 13.7. The van der Waals surface area contributed by atoms with Crippen LogP contribution in [0, 0.1) is 5.92 Å². The van der Waals surface area contributed by atoms with Crippen molar-refractivity contribution in [1.82, 2.24) is 14.8 Å². The van der Waals surface area contributed by atoms with Gasteiger partial charge in [-0.15, -0.1) is 16.7 Å². The minimum Gasteiger partial charge on any atom is -0.290 e. The molecule has 1 aromatic carbocycles. The Kier molecular flexibility index (Phi) is 2.67. The van der Waals surface area contributed by atoms with Crippen molar-refractivity contribution in [3.05, 3.63) is 47.5 Å². The van der Waals surface area contributed by atoms with Gasteiger partial charge >= 0.3 is 0 Å². The number of carbonyl (C=O) groups excluding carboxylic acids is 1. The Balaban J connectivity index is 1.72. The van der Waals surface area contributed by atoms with Gasteiger partial charge in [0.05, 0.1) is 11.4 Å². The molecule has 0 bridgehead atoms. The number of ketones is 1. The van der Waals surface area contributed by atoms with Crippen LogP contribution in [-0.2, 0) is 0 Å². The topological polar surface area (TPSA) is 47.8 Å². The van der Waals surface area contributed by atoms with Gasteiger partial charge in [0.15, 0.2) is 0 Å². The number of alkyl halides is 1. The number of nitrogens with zero attached hydrogens (tertiary/aromatic N) is 3. The highest BCUT2D eigenvalue weighted by Gasteiger charge is 2.38. The smallest absolute Gasteiger partial charge is 0.217 e. The Hall–Kier alpha value is -1.68. The molecule has 1 aliphatic carbocycles. The molecule has 1 aromatic heterocycles. The predicted molar refractivity (Wildman–Crippen MR) is 74.9 cm³/mol. The minimum atomic E-state index is -0.173. The molecule has 0 amide bonds. The third-order valence-corrected chi connectivity index (χ3v) is 4.39. The molecule has 1 saturated carbocycles. The molecule has 2 atom stereocenters. The molecule has 0 radical (unpaired) electrons. The molecular weight excluding hydrogens is 274 g/mol. The summed E-state index contributed by atoms with van der Waals surface area (Å²) in [6.45, 7) is 0. The standard InChI is InChI=1S/C15H14ClN3O/c16-11-8-12(9-4-2-1-3-5-9)19-15(11)17-14(18-19)13(20)10-6-7-10/h1-5,10-12H,6-8H2/t11-,12-/m0/s1. The Morgan fingerprint density at radius 1 is 1.25 bits per heavy atom. The normalized spacial score (nSPS) is 24.6. The van der Waals surface area contributed by atoms with E-state index in [4.69, 9.17) is 11.6 Å². The lowest BCUT2D eigenvalue weighted by Gasteiger charge is -2.11. The van der Waals surface area contributed by atoms with E-state index in [2.05, 4.69) is 22.2 Å². The van der Waals surface area contributed by atoms with Crippen LogP contribution in [0.25, 0.3) is 0 Å². The molecule has 0 saturated heterocycles. The average Bonchev–Trinajstić information content (AvgIpc) is 3.15. The molecule has 2 aliphatic rings. The van der Waals surface area contributed by atoms with Gasteiger partial charge in [-0.3, -0.25) is 4.79 Å². The van der Waals surface area contributed by atoms with Gasteiger partial charge in [-0.2, -0.15) is 0 Å². The second-order valence-corrected chi connectivity index (χ2v) is 6.03. The monoisotopic (exact) mass is 287 g/mol. The van der Waals surface area contributed by atoms with Gasteiger partial charge in [-0.1, -0.05) is 30.3 Å². The molecule has 4 rings (SSSR count). The van der Waals surface area contributed by atoms with E-state index in [0.29, 0.717) is 5.82 Å². The summed E-state index contributed by atoms with van der Waals surface area (Å²) in [5.41, 5.74) is 1.16. The van der Waals surface area contributed by atoms with Crippen LogP contribution >= 0.6 is 11.6 Å². The van der Waals surface area contributed by atoms with Crippen LogP contribution in [0.5, 0.6) is 0 Å². The summed E-state index contributed by atoms with van der Waals surface area (Å²) in [5.74, 6) is 1.28. The lowest BCUT2D eigenvalue weighted by molar-refractivity contribution is 0.0957. The molecule has 20 heavy (non-hydrogen) atoms. The van der Waals surface area contributed by atoms with Crippen molar-refractivity contribution in [2.45, 2.75) is 30.7 Å². The highest BCUT2D eigenvalue weighted by molar-refractivity contribution is 6.20. The van der Waals surface area contributed by atoms with E-state index in [-0.39, 0.29) is 23.1 Å². The van der Waals surface area contributed by atoms with Gasteiger partial charge in [0, 0.05) is 5.92 Å². The van der Waals surface area contributed by atoms with E-state index in [0.717, 1.165) is 30.7 Å². The molecule has 0 N–H and O–H groups in total. The molecule has 5 heteroatoms. The minimum absolute atomic E-state index is 0.0718. The molecule has 2 heterocycles. The van der Waals surface area contributed by atoms with Gasteiger partial charge in [0.25, 0.3) is 0 Å². The van der Waals surface area contributed by atoms with Crippen molar-refractivity contribution in [3.63, 3.8) is 0 Å². The first-order valence-corrected chi connectivity index (χ1v) is 7.37. The number of hydrogen-bond acceptors (Lipinski definition) is 3. The van der Waals surface area contributed by atoms with Crippen LogP contribution in [0.15, 0.2) is 30.3 Å². The van der Waals surface area contributed by atoms with Crippen molar-refractivity contribution in [2.24, 2.45) is 5.92 Å². The van der Waals surface area contributed by atoms with E-state index in [1.54, 1.807) is 0 Å². The number of benzene rings is 1. The molecule has 102 valence electrons. The summed E-state index contributed by atoms with van der Waals surface area (Å²) in [4.78, 5) is 16.5. The molecule has 0 spiro atoms. The maximum Gasteiger partial charge on any atom is 0.217 e. The third kappa shape index (κ3) is 1.86. The zero-order valence-corrected chi connectivity index (χ0v) is 11.6. The Bertz CT molecular complexity index is 663. The summed E-state index contributed by atoms with van der Waals surface area (Å²) in [6.07, 6.45) is 2.71. The molecule has 2 aromatic rings. The van der Waals surface area contributed by atoms with Crippen LogP contribution in [0.1, 0.15) is 52.7 Å². The molecule has 1 aliphatic heterocycles. The highest BCUT2D eigenvalue weighted by Crippen LogP contribution is 2.41. The van der Waals surface area contributed by atoms with E-state index < -0.39 is 0 Å². The Morgan fingerprint density at radius 3 is 2.70 bits per heavy atom. The summed E-state index contributed by atoms with van der Waals surface area (Å²) >= 11 is 6.37. The lowest BCUT2D eigenvalue weighted by atomic mass is 10.1. The van der Waals surface area contributed by atoms with Crippen LogP contribution in [0.2, 0.25) is 0 Å². The SMILES string of the molecule is O=C(c1nc2n(n1)[C@H](c1ccccc1)C[C@@H]2Cl)C1CC1. The molecule has 4 nitrogen and oxygen atoms in total. The second-order valence-electron chi connectivity index (χ2n) is 5.51. The fraction of sp³-hybridized carbons (Fsp3) is 0.400. The van der Waals surface area contributed by atoms with Gasteiger partial charge < -0.3 is 0 Å². The van der Waals surface area contributed by atoms with Crippen LogP contribution in [-0.4, -0.2) is 20.5 Å². The van der Waals surface area contributed by atoms with Gasteiger partial charge in [-0.25, -0.2) is 9.67 Å². The highest BCUT2D eigenvalue weighted by atomic mass is 35.5. The van der Waals surface area contributed by atoms with Gasteiger partial charge in [0.2, 0.25) is 11.6 Å². The van der Waals surface area contributed by atoms with Crippen molar-refractivity contribution < 1.29 is 4.79 Å². The quantitative estimate of drug-likeness (QED) is 0.643. The average molecular weight is 288 g/mol. The van der Waals surface area contributed by atoms with E-state index in [9.17, 15) is 4.79 Å². The zero-order valence-electron chi connectivity index (χ0n) is 10.9. The largest absolute Gasteiger partial charge is 0.290 e. The summed E-state index contributed by atoms with van der Waals surface area (Å²) in [6, 6.07) is 10.2. The summed E-state index contributed by atoms with van der Waals surface area (Å²) in [7, 11) is 0. The molecule has 1 fully saturated rings. The first kappa shape index (κ1) is 12.1. The van der Waals surface area contributed by atoms with Crippen LogP contribution in [0.4, 0.5) is 0 Å². The lowest BCUT2D eigenvalue weighted by Crippen LogP contribution is -2.10. The number of carbonyl (C=O) groups is 1. The van der Waals surface area contributed by atoms with E-state index in [1.807, 2.05) is 22.9 Å². The first-order valence-electron chi connectivity index (χ1n) is 6.93. The fourth-order valence-electron chi connectivity index (χ4n) is 2.76. The number of halogens is 1. The Labute approximate surface area is 121 Å². The van der Waals surface area contributed by atoms with Crippen molar-refractivity contribution in [1.29, 1.82) is 0 Å². The molecule has 0 unspecified atom stereocenters. The number of fused-ring (bicyclic) bond motifs is 1. The van der Waals surface area contributed by atoms with Crippen molar-refractivity contribution >= 4 is 17.4 Å². The van der Waals surface area contributed by atoms with Crippen molar-refractivity contribution in [3.8, 4) is 0 Å². The Morgan fingerprint density at radius 2 is 2.00 bits per heavy atom. The van der Waals surface area contributed by atoms with Crippen LogP contribution < -0.4 is 0 Å². The number of rotatable bonds is 3. The van der Waals surface area contributed by atoms with E-state index in [1.165, 1.54) is 0 Å². The fourth-order valence-corrected chi connectivity index (χ4v) is 3.08. The summed E-state index contributed by atoms with van der Waals surface area (Å²) in [5, 5.41) is 4.26. The maximum atomic E-state index is 12.1. The number of Topliss-reactive ketones (excluding diaryl/α,β-unsaturated/α-hetero) is 1. The first-order chi connectivity index (χ1) is 9.74. The van der Waals surface area contributed by atoms with Gasteiger partial charge in [-0.05, 0) is 24.8 Å². The third-order valence-electron chi connectivity index (χ3n) is 4.02. The van der Waals surface area contributed by atoms with Gasteiger partial charge in [0.1, 0.15) is 5.82 Å². The van der Waals surface area contributed by atoms with E-state index >= 15 is 0 Å². The summed E-state index contributed by atoms with van der Waals surface area (Å²) < 4.78 is 1.84. The predicted octanol–water partition coefficient (Wildman–Crippen LogP) is 3.14.